The molecule has 0 saturated carbocycles. The van der Waals surface area contributed by atoms with Gasteiger partial charge in [-0.15, -0.1) is 0 Å². The van der Waals surface area contributed by atoms with Crippen molar-refractivity contribution < 1.29 is 28.4 Å². The van der Waals surface area contributed by atoms with Crippen LogP contribution in [0.25, 0.3) is 0 Å². The molecule has 0 aromatic carbocycles. The van der Waals surface area contributed by atoms with E-state index in [2.05, 4.69) is 43.5 Å². The fourth-order valence-corrected chi connectivity index (χ4v) is 7.57. The van der Waals surface area contributed by atoms with Crippen molar-refractivity contribution in [1.29, 1.82) is 0 Å². The molecule has 0 bridgehead atoms. The van der Waals surface area contributed by atoms with E-state index in [1.54, 1.807) is 0 Å². The van der Waals surface area contributed by atoms with Crippen LogP contribution in [0, 0.1) is 0 Å². The first kappa shape index (κ1) is 53.0. The number of nitrogens with one attached hydrogen (secondary N) is 1. The quantitative estimate of drug-likeness (QED) is 0.0275. The first-order chi connectivity index (χ1) is 26.4. The van der Waals surface area contributed by atoms with Crippen LogP contribution in [0.1, 0.15) is 226 Å². The summed E-state index contributed by atoms with van der Waals surface area (Å²) in [5.41, 5.74) is 5.38. The highest BCUT2D eigenvalue weighted by Crippen LogP contribution is 2.43. The molecule has 0 aliphatic heterocycles. The van der Waals surface area contributed by atoms with Gasteiger partial charge in [0.1, 0.15) is 0 Å². The number of allylic oxidation sites excluding steroid dienone is 4. The number of aliphatic hydroxyl groups excluding tert-OH is 1. The summed E-state index contributed by atoms with van der Waals surface area (Å²) in [6, 6.07) is -0.774. The summed E-state index contributed by atoms with van der Waals surface area (Å²) in [4.78, 5) is 22.8. The van der Waals surface area contributed by atoms with Crippen molar-refractivity contribution in [3.05, 3.63) is 24.3 Å². The Morgan fingerprint density at radius 1 is 0.611 bits per heavy atom. The fourth-order valence-electron chi connectivity index (χ4n) is 6.81. The van der Waals surface area contributed by atoms with Gasteiger partial charge in [-0.25, -0.2) is 4.57 Å². The van der Waals surface area contributed by atoms with Gasteiger partial charge in [-0.1, -0.05) is 199 Å². The minimum atomic E-state index is -4.31. The number of carbonyl (C=O) groups is 1. The van der Waals surface area contributed by atoms with Gasteiger partial charge in [-0.2, -0.15) is 0 Å². The van der Waals surface area contributed by atoms with Gasteiger partial charge in [-0.3, -0.25) is 13.8 Å². The molecular weight excluding hydrogens is 695 g/mol. The van der Waals surface area contributed by atoms with E-state index >= 15 is 0 Å². The average molecular weight is 785 g/mol. The van der Waals surface area contributed by atoms with Crippen LogP contribution in [0.4, 0.5) is 0 Å². The Labute approximate surface area is 334 Å². The first-order valence-electron chi connectivity index (χ1n) is 23.0. The lowest BCUT2D eigenvalue weighted by molar-refractivity contribution is -0.123. The Morgan fingerprint density at radius 2 is 1.02 bits per heavy atom. The number of carbonyl (C=O) groups excluding carboxylic acids is 1. The van der Waals surface area contributed by atoms with Crippen LogP contribution >= 0.6 is 7.82 Å². The standard InChI is InChI=1S/C45H89N2O6P/c1-3-5-7-9-11-13-15-17-19-20-21-22-23-24-25-27-29-31-33-35-37-39-45(49)47-43(42-53-54(50,51)52-41-40-46)44(48)38-36-34-32-30-28-26-18-16-14-12-10-8-6-4-2/h15,17,20-21,43-44,48H,3-14,16,18-19,22-42,46H2,1-2H3,(H,47,49)(H,50,51)/b17-15-,21-20-. The molecule has 0 aromatic heterocycles. The summed E-state index contributed by atoms with van der Waals surface area (Å²) in [5.74, 6) is -0.165. The molecule has 0 saturated heterocycles. The lowest BCUT2D eigenvalue weighted by atomic mass is 10.0. The van der Waals surface area contributed by atoms with Crippen LogP contribution in [0.5, 0.6) is 0 Å². The maximum atomic E-state index is 12.8. The third kappa shape index (κ3) is 39.2. The van der Waals surface area contributed by atoms with Crippen molar-refractivity contribution in [3.8, 4) is 0 Å². The minimum absolute atomic E-state index is 0.0888. The van der Waals surface area contributed by atoms with Crippen LogP contribution in [0.3, 0.4) is 0 Å². The molecule has 0 rings (SSSR count). The van der Waals surface area contributed by atoms with Gasteiger partial charge >= 0.3 is 7.82 Å². The largest absolute Gasteiger partial charge is 0.472 e. The van der Waals surface area contributed by atoms with Crippen molar-refractivity contribution in [2.24, 2.45) is 5.73 Å². The van der Waals surface area contributed by atoms with Gasteiger partial charge in [0.05, 0.1) is 25.4 Å². The van der Waals surface area contributed by atoms with E-state index in [0.29, 0.717) is 12.8 Å². The predicted octanol–water partition coefficient (Wildman–Crippen LogP) is 12.9. The van der Waals surface area contributed by atoms with Crippen LogP contribution in [0.15, 0.2) is 24.3 Å². The van der Waals surface area contributed by atoms with Gasteiger partial charge in [0.15, 0.2) is 0 Å². The molecular formula is C45H89N2O6P. The van der Waals surface area contributed by atoms with Crippen LogP contribution in [-0.4, -0.2) is 47.8 Å². The molecule has 0 spiro atoms. The van der Waals surface area contributed by atoms with Crippen molar-refractivity contribution in [2.75, 3.05) is 19.8 Å². The smallest absolute Gasteiger partial charge is 0.391 e. The van der Waals surface area contributed by atoms with Gasteiger partial charge in [0.25, 0.3) is 0 Å². The number of unbranched alkanes of at least 4 members (excludes halogenated alkanes) is 27. The number of nitrogens with two attached hydrogens (primary N) is 1. The monoisotopic (exact) mass is 785 g/mol. The van der Waals surface area contributed by atoms with E-state index in [-0.39, 0.29) is 25.7 Å². The van der Waals surface area contributed by atoms with E-state index in [1.165, 1.54) is 154 Å². The highest BCUT2D eigenvalue weighted by atomic mass is 31.2. The molecule has 0 aromatic rings. The summed E-state index contributed by atoms with van der Waals surface area (Å²) >= 11 is 0. The Balaban J connectivity index is 4.10. The molecule has 0 aliphatic rings. The summed E-state index contributed by atoms with van der Waals surface area (Å²) in [7, 11) is -4.31. The van der Waals surface area contributed by atoms with Gasteiger partial charge in [-0.05, 0) is 44.9 Å². The average Bonchev–Trinajstić information content (AvgIpc) is 3.16. The van der Waals surface area contributed by atoms with Crippen LogP contribution in [0.2, 0.25) is 0 Å². The lowest BCUT2D eigenvalue weighted by Gasteiger charge is -2.25. The summed E-state index contributed by atoms with van der Waals surface area (Å²) < 4.78 is 22.2. The van der Waals surface area contributed by atoms with E-state index in [0.717, 1.165) is 44.9 Å². The maximum Gasteiger partial charge on any atom is 0.472 e. The molecule has 3 unspecified atom stereocenters. The van der Waals surface area contributed by atoms with Gasteiger partial charge in [0, 0.05) is 13.0 Å². The second-order valence-corrected chi connectivity index (χ2v) is 17.1. The second-order valence-electron chi connectivity index (χ2n) is 15.6. The Bertz CT molecular complexity index is 901. The SMILES string of the molecule is CCCCCCC/C=C\C/C=C\CCCCCCCCCCCC(=O)NC(COP(=O)(O)OCCN)C(O)CCCCCCCCCCCCCCCC. The van der Waals surface area contributed by atoms with Crippen molar-refractivity contribution in [1.82, 2.24) is 5.32 Å². The van der Waals surface area contributed by atoms with Crippen LogP contribution < -0.4 is 11.1 Å². The number of amides is 1. The van der Waals surface area contributed by atoms with Crippen LogP contribution in [-0.2, 0) is 18.4 Å². The molecule has 8 nitrogen and oxygen atoms in total. The summed E-state index contributed by atoms with van der Waals surface area (Å²) in [6.45, 7) is 4.21. The fraction of sp³-hybridized carbons (Fsp3) is 0.889. The highest BCUT2D eigenvalue weighted by molar-refractivity contribution is 7.47. The normalized spacial score (nSPS) is 14.2. The number of phosphoric ester groups is 1. The molecule has 3 atom stereocenters. The van der Waals surface area contributed by atoms with E-state index in [4.69, 9.17) is 14.8 Å². The van der Waals surface area contributed by atoms with Gasteiger partial charge < -0.3 is 21.1 Å². The molecule has 320 valence electrons. The lowest BCUT2D eigenvalue weighted by Crippen LogP contribution is -2.46. The number of hydrogen-bond donors (Lipinski definition) is 4. The molecule has 0 heterocycles. The molecule has 9 heteroatoms. The summed E-state index contributed by atoms with van der Waals surface area (Å²) in [5, 5.41) is 13.8. The Kier molecular flexibility index (Phi) is 40.8. The molecule has 0 aliphatic carbocycles. The zero-order valence-electron chi connectivity index (χ0n) is 35.5. The molecule has 0 fully saturated rings. The van der Waals surface area contributed by atoms with Crippen molar-refractivity contribution in [3.63, 3.8) is 0 Å². The van der Waals surface area contributed by atoms with Gasteiger partial charge in [0.2, 0.25) is 5.91 Å². The minimum Gasteiger partial charge on any atom is -0.391 e. The van der Waals surface area contributed by atoms with E-state index in [1.807, 2.05) is 0 Å². The molecule has 5 N–H and O–H groups in total. The second kappa shape index (κ2) is 41.6. The highest BCUT2D eigenvalue weighted by Gasteiger charge is 2.27. The molecule has 1 amide bonds. The van der Waals surface area contributed by atoms with E-state index in [9.17, 15) is 19.4 Å². The maximum absolute atomic E-state index is 12.8. The first-order valence-corrected chi connectivity index (χ1v) is 24.4. The topological polar surface area (TPSA) is 131 Å². The Hall–Kier alpha value is -1.02. The predicted molar refractivity (Wildman–Crippen MR) is 231 cm³/mol. The number of aliphatic hydroxyl groups is 1. The van der Waals surface area contributed by atoms with E-state index < -0.39 is 20.0 Å². The number of hydrogen-bond acceptors (Lipinski definition) is 6. The third-order valence-electron chi connectivity index (χ3n) is 10.3. The zero-order valence-corrected chi connectivity index (χ0v) is 36.4. The molecule has 0 radical (unpaired) electrons. The Morgan fingerprint density at radius 3 is 1.46 bits per heavy atom. The number of phosphoric acid groups is 1. The number of rotatable bonds is 43. The third-order valence-corrected chi connectivity index (χ3v) is 11.3. The molecule has 54 heavy (non-hydrogen) atoms. The zero-order chi connectivity index (χ0) is 39.6. The van der Waals surface area contributed by atoms with Crippen molar-refractivity contribution in [2.45, 2.75) is 238 Å². The van der Waals surface area contributed by atoms with Crippen molar-refractivity contribution >= 4 is 13.7 Å². The summed E-state index contributed by atoms with van der Waals surface area (Å²) in [6.07, 6.45) is 47.5.